The van der Waals surface area contributed by atoms with Crippen LogP contribution in [0.2, 0.25) is 0 Å². The van der Waals surface area contributed by atoms with Crippen molar-refractivity contribution in [2.24, 2.45) is 0 Å². The second-order valence-electron chi connectivity index (χ2n) is 17.7. The molecule has 0 amide bonds. The van der Waals surface area contributed by atoms with E-state index in [0.29, 0.717) is 0 Å². The molecule has 0 saturated carbocycles. The summed E-state index contributed by atoms with van der Waals surface area (Å²) in [4.78, 5) is 2.39. The van der Waals surface area contributed by atoms with Crippen molar-refractivity contribution < 1.29 is 8.83 Å². The van der Waals surface area contributed by atoms with Gasteiger partial charge in [0.05, 0.1) is 0 Å². The van der Waals surface area contributed by atoms with Gasteiger partial charge in [-0.2, -0.15) is 0 Å². The van der Waals surface area contributed by atoms with E-state index in [0.717, 1.165) is 83.2 Å². The fourth-order valence-electron chi connectivity index (χ4n) is 10.4. The minimum Gasteiger partial charge on any atom is -0.456 e. The zero-order chi connectivity index (χ0) is 42.5. The average molecular weight is 820 g/mol. The molecule has 0 unspecified atom stereocenters. The van der Waals surface area contributed by atoms with Crippen molar-refractivity contribution in [1.82, 2.24) is 0 Å². The molecule has 12 aromatic rings. The summed E-state index contributed by atoms with van der Waals surface area (Å²) >= 11 is 0. The number of fused-ring (bicyclic) bond motifs is 11. The quantitative estimate of drug-likeness (QED) is 0.167. The summed E-state index contributed by atoms with van der Waals surface area (Å²) in [5.74, 6) is 0. The van der Waals surface area contributed by atoms with Crippen LogP contribution in [0, 0.1) is 0 Å². The van der Waals surface area contributed by atoms with Crippen LogP contribution in [0.4, 0.5) is 17.1 Å². The molecule has 0 bridgehead atoms. The van der Waals surface area contributed by atoms with E-state index in [1.165, 1.54) is 44.2 Å². The van der Waals surface area contributed by atoms with Crippen molar-refractivity contribution in [3.05, 3.63) is 223 Å². The van der Waals surface area contributed by atoms with E-state index in [2.05, 4.69) is 213 Å². The minimum absolute atomic E-state index is 0.123. The van der Waals surface area contributed by atoms with Gasteiger partial charge in [-0.05, 0) is 134 Å². The van der Waals surface area contributed by atoms with Crippen molar-refractivity contribution in [2.45, 2.75) is 19.3 Å². The molecule has 0 spiro atoms. The van der Waals surface area contributed by atoms with Crippen molar-refractivity contribution in [1.29, 1.82) is 0 Å². The molecule has 0 fully saturated rings. The van der Waals surface area contributed by atoms with Crippen LogP contribution in [0.5, 0.6) is 0 Å². The number of hydrogen-bond donors (Lipinski definition) is 0. The lowest BCUT2D eigenvalue weighted by atomic mass is 9.82. The number of rotatable bonds is 6. The van der Waals surface area contributed by atoms with Gasteiger partial charge in [-0.3, -0.25) is 0 Å². The summed E-state index contributed by atoms with van der Waals surface area (Å²) in [5.41, 5.74) is 18.8. The molecule has 64 heavy (non-hydrogen) atoms. The van der Waals surface area contributed by atoms with Gasteiger partial charge in [-0.15, -0.1) is 0 Å². The molecule has 10 aromatic carbocycles. The van der Waals surface area contributed by atoms with E-state index >= 15 is 0 Å². The Kier molecular flexibility index (Phi) is 7.95. The first-order chi connectivity index (χ1) is 31.5. The Bertz CT molecular complexity index is 3800. The van der Waals surface area contributed by atoms with Crippen LogP contribution in [0.3, 0.4) is 0 Å². The van der Waals surface area contributed by atoms with Gasteiger partial charge in [0.2, 0.25) is 0 Å². The van der Waals surface area contributed by atoms with Gasteiger partial charge in [-0.1, -0.05) is 153 Å². The highest BCUT2D eigenvalue weighted by Crippen LogP contribution is 2.51. The smallest absolute Gasteiger partial charge is 0.143 e. The van der Waals surface area contributed by atoms with Crippen LogP contribution in [-0.4, -0.2) is 0 Å². The normalized spacial score (nSPS) is 13.0. The molecule has 0 N–H and O–H groups in total. The van der Waals surface area contributed by atoms with Crippen LogP contribution in [-0.2, 0) is 5.41 Å². The molecular formula is C61H41NO2. The van der Waals surface area contributed by atoms with Crippen molar-refractivity contribution in [2.75, 3.05) is 4.90 Å². The lowest BCUT2D eigenvalue weighted by Gasteiger charge is -2.28. The number of nitrogens with zero attached hydrogens (tertiary/aromatic N) is 1. The number of benzene rings is 10. The highest BCUT2D eigenvalue weighted by molar-refractivity contribution is 6.27. The summed E-state index contributed by atoms with van der Waals surface area (Å²) in [6, 6.07) is 76.7. The minimum atomic E-state index is -0.123. The number of hydrogen-bond acceptors (Lipinski definition) is 3. The van der Waals surface area contributed by atoms with Gasteiger partial charge < -0.3 is 13.7 Å². The zero-order valence-electron chi connectivity index (χ0n) is 35.5. The molecule has 0 radical (unpaired) electrons. The second-order valence-corrected chi connectivity index (χ2v) is 17.7. The summed E-state index contributed by atoms with van der Waals surface area (Å²) in [6.45, 7) is 4.70. The highest BCUT2D eigenvalue weighted by Gasteiger charge is 2.35. The summed E-state index contributed by atoms with van der Waals surface area (Å²) in [6.07, 6.45) is 0. The van der Waals surface area contributed by atoms with Gasteiger partial charge in [0.15, 0.2) is 0 Å². The van der Waals surface area contributed by atoms with E-state index in [1.54, 1.807) is 0 Å². The molecule has 3 nitrogen and oxygen atoms in total. The fourth-order valence-corrected chi connectivity index (χ4v) is 10.4. The molecule has 1 aliphatic carbocycles. The monoisotopic (exact) mass is 819 g/mol. The second kappa shape index (κ2) is 13.9. The lowest BCUT2D eigenvalue weighted by Crippen LogP contribution is -2.16. The molecule has 302 valence electrons. The van der Waals surface area contributed by atoms with Crippen LogP contribution in [0.15, 0.2) is 221 Å². The Morgan fingerprint density at radius 1 is 0.344 bits per heavy atom. The third-order valence-corrected chi connectivity index (χ3v) is 13.7. The third-order valence-electron chi connectivity index (χ3n) is 13.7. The van der Waals surface area contributed by atoms with Crippen LogP contribution in [0.25, 0.3) is 99.2 Å². The Labute approximate surface area is 371 Å². The van der Waals surface area contributed by atoms with Crippen LogP contribution >= 0.6 is 0 Å². The first-order valence-electron chi connectivity index (χ1n) is 22.1. The molecule has 0 atom stereocenters. The molecule has 0 aliphatic heterocycles. The predicted molar refractivity (Wildman–Crippen MR) is 267 cm³/mol. The number of para-hydroxylation sites is 1. The average Bonchev–Trinajstić information content (AvgIpc) is 3.99. The van der Waals surface area contributed by atoms with Crippen molar-refractivity contribution in [3.63, 3.8) is 0 Å². The van der Waals surface area contributed by atoms with Crippen molar-refractivity contribution >= 4 is 71.7 Å². The molecule has 2 heterocycles. The molecular weight excluding hydrogens is 779 g/mol. The van der Waals surface area contributed by atoms with Crippen LogP contribution in [0.1, 0.15) is 25.0 Å². The van der Waals surface area contributed by atoms with Gasteiger partial charge in [0.1, 0.15) is 22.3 Å². The van der Waals surface area contributed by atoms with Gasteiger partial charge in [0, 0.05) is 49.6 Å². The Morgan fingerprint density at radius 3 is 1.73 bits per heavy atom. The van der Waals surface area contributed by atoms with Gasteiger partial charge in [-0.25, -0.2) is 0 Å². The van der Waals surface area contributed by atoms with E-state index in [9.17, 15) is 0 Å². The molecule has 1 aliphatic rings. The standard InChI is InChI=1S/C61H41NO2/c1-61(2)53-18-10-8-16-48(53)49-31-30-47(37-54(49)61)62(45-26-22-40(23-27-45)38-12-4-3-5-13-38)46-28-24-41(25-29-46)44-35-51(43-21-20-39-14-6-7-15-42(39)34-43)60-52(36-44)59-57(64-60)33-32-56-58(59)50-17-9-11-19-55(50)63-56/h3-37H,1-2H3. The third kappa shape index (κ3) is 5.60. The Morgan fingerprint density at radius 2 is 0.938 bits per heavy atom. The first kappa shape index (κ1) is 36.5. The van der Waals surface area contributed by atoms with Gasteiger partial charge in [0.25, 0.3) is 0 Å². The van der Waals surface area contributed by atoms with Gasteiger partial charge >= 0.3 is 0 Å². The lowest BCUT2D eigenvalue weighted by molar-refractivity contribution is 0.660. The summed E-state index contributed by atoms with van der Waals surface area (Å²) < 4.78 is 13.3. The predicted octanol–water partition coefficient (Wildman–Crippen LogP) is 17.4. The largest absolute Gasteiger partial charge is 0.456 e. The molecule has 3 heteroatoms. The van der Waals surface area contributed by atoms with E-state index < -0.39 is 0 Å². The highest BCUT2D eigenvalue weighted by atomic mass is 16.3. The maximum absolute atomic E-state index is 6.87. The SMILES string of the molecule is CC1(C)c2ccccc2-c2ccc(N(c3ccc(-c4ccccc4)cc3)c3ccc(-c4cc(-c5ccc6ccccc6c5)c5oc6ccc7oc8ccccc8c7c6c5c4)cc3)cc21. The maximum Gasteiger partial charge on any atom is 0.143 e. The maximum atomic E-state index is 6.87. The van der Waals surface area contributed by atoms with E-state index in [4.69, 9.17) is 8.83 Å². The van der Waals surface area contributed by atoms with E-state index in [-0.39, 0.29) is 5.41 Å². The molecule has 0 saturated heterocycles. The number of furan rings is 2. The van der Waals surface area contributed by atoms with Crippen molar-refractivity contribution in [3.8, 4) is 44.5 Å². The Hall–Kier alpha value is -8.14. The topological polar surface area (TPSA) is 29.5 Å². The number of anilines is 3. The fraction of sp³-hybridized carbons (Fsp3) is 0.0492. The van der Waals surface area contributed by atoms with E-state index in [1.807, 2.05) is 18.2 Å². The van der Waals surface area contributed by atoms with Crippen LogP contribution < -0.4 is 4.90 Å². The zero-order valence-corrected chi connectivity index (χ0v) is 35.5. The molecule has 13 rings (SSSR count). The summed E-state index contributed by atoms with van der Waals surface area (Å²) in [7, 11) is 0. The molecule has 2 aromatic heterocycles. The first-order valence-corrected chi connectivity index (χ1v) is 22.1. The Balaban J connectivity index is 0.983. The summed E-state index contributed by atoms with van der Waals surface area (Å²) in [5, 5.41) is 6.71.